The van der Waals surface area contributed by atoms with Crippen LogP contribution in [0.5, 0.6) is 5.75 Å². The van der Waals surface area contributed by atoms with Crippen LogP contribution in [0.15, 0.2) is 140 Å². The molecule has 49 heavy (non-hydrogen) atoms. The van der Waals surface area contributed by atoms with Crippen LogP contribution in [0, 0.1) is 5.92 Å². The summed E-state index contributed by atoms with van der Waals surface area (Å²) < 4.78 is 66.0. The number of hydrogen-bond donors (Lipinski definition) is 0. The monoisotopic (exact) mass is 819 g/mol. The number of halogens is 2. The molecule has 1 saturated heterocycles. The summed E-state index contributed by atoms with van der Waals surface area (Å²) in [5.74, 6) is 0.889. The fraction of sp³-hybridized carbons (Fsp3) is 0.162. The van der Waals surface area contributed by atoms with Gasteiger partial charge in [-0.15, -0.1) is 0 Å². The Labute approximate surface area is 302 Å². The molecule has 5 aromatic carbocycles. The quantitative estimate of drug-likeness (QED) is 0.144. The largest absolute Gasteiger partial charge is 0.493 e. The Kier molecular flexibility index (Phi) is 9.40. The molecule has 0 unspecified atom stereocenters. The van der Waals surface area contributed by atoms with E-state index < -0.39 is 20.0 Å². The van der Waals surface area contributed by atoms with Crippen LogP contribution >= 0.6 is 31.9 Å². The Balaban J connectivity index is 1.18. The Morgan fingerprint density at radius 2 is 1.14 bits per heavy atom. The van der Waals surface area contributed by atoms with Crippen LogP contribution in [-0.4, -0.2) is 41.5 Å². The second-order valence-electron chi connectivity index (χ2n) is 12.0. The number of anilines is 2. The van der Waals surface area contributed by atoms with E-state index in [2.05, 4.69) is 41.7 Å². The van der Waals surface area contributed by atoms with Gasteiger partial charge in [0.1, 0.15) is 5.75 Å². The predicted octanol–water partition coefficient (Wildman–Crippen LogP) is 8.79. The average Bonchev–Trinajstić information content (AvgIpc) is 3.11. The van der Waals surface area contributed by atoms with E-state index in [0.29, 0.717) is 32.8 Å². The van der Waals surface area contributed by atoms with E-state index in [1.165, 1.54) is 36.4 Å². The third kappa shape index (κ3) is 7.05. The van der Waals surface area contributed by atoms with Crippen molar-refractivity contribution in [2.45, 2.75) is 22.6 Å². The van der Waals surface area contributed by atoms with Gasteiger partial charge in [-0.25, -0.2) is 16.8 Å². The van der Waals surface area contributed by atoms with E-state index >= 15 is 0 Å². The summed E-state index contributed by atoms with van der Waals surface area (Å²) >= 11 is 6.89. The Bertz CT molecular complexity index is 2250. The van der Waals surface area contributed by atoms with Crippen molar-refractivity contribution in [1.82, 2.24) is 4.98 Å². The standard InChI is InChI=1S/C37H31Br2N3O5S2/c38-31-5-1-29-23-36(11-3-27(29)21-31)48(43,44)42(49(45,46)37-12-4-28-22-32(39)6-2-30(28)24-37)34-7-9-35(10-8-34)47-25-26-15-19-41(20-16-26)33-13-17-40-18-14-33/h1-14,17-18,21-24,26H,15-16,19-20,25H2. The molecule has 1 aliphatic rings. The molecule has 250 valence electrons. The maximum atomic E-state index is 14.4. The van der Waals surface area contributed by atoms with E-state index in [-0.39, 0.29) is 15.5 Å². The first kappa shape index (κ1) is 33.5. The van der Waals surface area contributed by atoms with E-state index in [4.69, 9.17) is 4.74 Å². The zero-order chi connectivity index (χ0) is 34.2. The van der Waals surface area contributed by atoms with Gasteiger partial charge in [-0.05, 0) is 125 Å². The van der Waals surface area contributed by atoms with Crippen molar-refractivity contribution in [3.8, 4) is 5.75 Å². The summed E-state index contributed by atoms with van der Waals surface area (Å²) in [6, 6.07) is 30.4. The second kappa shape index (κ2) is 13.7. The number of benzene rings is 5. The van der Waals surface area contributed by atoms with Gasteiger partial charge in [-0.3, -0.25) is 4.98 Å². The third-order valence-electron chi connectivity index (χ3n) is 8.76. The maximum Gasteiger partial charge on any atom is 0.277 e. The summed E-state index contributed by atoms with van der Waals surface area (Å²) in [6.07, 6.45) is 5.54. The fourth-order valence-corrected chi connectivity index (χ4v) is 10.6. The van der Waals surface area contributed by atoms with Crippen molar-refractivity contribution in [3.63, 3.8) is 0 Å². The first-order valence-electron chi connectivity index (χ1n) is 15.6. The molecule has 6 aromatic rings. The second-order valence-corrected chi connectivity index (χ2v) is 17.6. The molecule has 1 aromatic heterocycles. The Hall–Kier alpha value is -3.97. The summed E-state index contributed by atoms with van der Waals surface area (Å²) in [5.41, 5.74) is 1.14. The lowest BCUT2D eigenvalue weighted by Crippen LogP contribution is -2.37. The van der Waals surface area contributed by atoms with E-state index in [0.717, 1.165) is 51.3 Å². The number of nitrogens with zero attached hydrogens (tertiary/aromatic N) is 3. The summed E-state index contributed by atoms with van der Waals surface area (Å²) in [4.78, 5) is 6.15. The molecule has 12 heteroatoms. The molecular weight excluding hydrogens is 790 g/mol. The molecular formula is C37H31Br2N3O5S2. The van der Waals surface area contributed by atoms with Gasteiger partial charge in [0.25, 0.3) is 20.0 Å². The maximum absolute atomic E-state index is 14.4. The number of rotatable bonds is 9. The average molecular weight is 822 g/mol. The highest BCUT2D eigenvalue weighted by molar-refractivity contribution is 9.10. The van der Waals surface area contributed by atoms with E-state index in [9.17, 15) is 16.8 Å². The molecule has 0 bridgehead atoms. The van der Waals surface area contributed by atoms with Gasteiger partial charge in [0, 0.05) is 40.1 Å². The number of fused-ring (bicyclic) bond motifs is 2. The number of ether oxygens (including phenoxy) is 1. The van der Waals surface area contributed by atoms with Crippen molar-refractivity contribution in [2.24, 2.45) is 5.92 Å². The fourth-order valence-electron chi connectivity index (χ4n) is 6.10. The SMILES string of the molecule is O=S(=O)(c1ccc2cc(Br)ccc2c1)N(c1ccc(OCC2CCN(c3ccncc3)CC2)cc1)S(=O)(=O)c1ccc2cc(Br)ccc2c1. The van der Waals surface area contributed by atoms with Crippen molar-refractivity contribution in [3.05, 3.63) is 131 Å². The minimum Gasteiger partial charge on any atom is -0.493 e. The van der Waals surface area contributed by atoms with Crippen molar-refractivity contribution < 1.29 is 21.6 Å². The highest BCUT2D eigenvalue weighted by Gasteiger charge is 2.37. The highest BCUT2D eigenvalue weighted by Crippen LogP contribution is 2.35. The lowest BCUT2D eigenvalue weighted by atomic mass is 9.97. The summed E-state index contributed by atoms with van der Waals surface area (Å²) in [5, 5.41) is 2.95. The smallest absolute Gasteiger partial charge is 0.277 e. The molecule has 0 aliphatic carbocycles. The molecule has 1 aliphatic heterocycles. The summed E-state index contributed by atoms with van der Waals surface area (Å²) in [7, 11) is -9.23. The number of hydrogen-bond acceptors (Lipinski definition) is 7. The third-order valence-corrected chi connectivity index (χ3v) is 13.9. The molecule has 0 radical (unpaired) electrons. The van der Waals surface area contributed by atoms with Crippen LogP contribution in [0.3, 0.4) is 0 Å². The van der Waals surface area contributed by atoms with Crippen LogP contribution in [0.4, 0.5) is 11.4 Å². The van der Waals surface area contributed by atoms with Gasteiger partial charge in [0.05, 0.1) is 22.1 Å². The van der Waals surface area contributed by atoms with Gasteiger partial charge >= 0.3 is 0 Å². The number of sulfonamides is 2. The zero-order valence-electron chi connectivity index (χ0n) is 26.1. The van der Waals surface area contributed by atoms with Gasteiger partial charge in [-0.2, -0.15) is 3.71 Å². The van der Waals surface area contributed by atoms with Gasteiger partial charge in [0.15, 0.2) is 0 Å². The molecule has 0 spiro atoms. The number of pyridine rings is 1. The topological polar surface area (TPSA) is 96.9 Å². The molecule has 8 nitrogen and oxygen atoms in total. The highest BCUT2D eigenvalue weighted by atomic mass is 79.9. The molecule has 7 rings (SSSR count). The van der Waals surface area contributed by atoms with Crippen molar-refractivity contribution >= 4 is 84.8 Å². The van der Waals surface area contributed by atoms with Crippen LogP contribution in [-0.2, 0) is 20.0 Å². The van der Waals surface area contributed by atoms with Gasteiger partial charge in [-0.1, -0.05) is 56.1 Å². The minimum absolute atomic E-state index is 0.0233. The lowest BCUT2D eigenvalue weighted by molar-refractivity contribution is 0.223. The first-order chi connectivity index (χ1) is 23.6. The van der Waals surface area contributed by atoms with Crippen LogP contribution in [0.25, 0.3) is 21.5 Å². The van der Waals surface area contributed by atoms with Crippen LogP contribution in [0.2, 0.25) is 0 Å². The molecule has 0 amide bonds. The van der Waals surface area contributed by atoms with Crippen LogP contribution < -0.4 is 13.3 Å². The Morgan fingerprint density at radius 1 is 0.653 bits per heavy atom. The molecule has 1 fully saturated rings. The zero-order valence-corrected chi connectivity index (χ0v) is 30.9. The number of piperidine rings is 1. The molecule has 0 N–H and O–H groups in total. The first-order valence-corrected chi connectivity index (χ1v) is 20.1. The summed E-state index contributed by atoms with van der Waals surface area (Å²) in [6.45, 7) is 2.34. The minimum atomic E-state index is -4.62. The van der Waals surface area contributed by atoms with Crippen LogP contribution in [0.1, 0.15) is 12.8 Å². The lowest BCUT2D eigenvalue weighted by Gasteiger charge is -2.33. The Morgan fingerprint density at radius 3 is 1.67 bits per heavy atom. The van der Waals surface area contributed by atoms with Crippen molar-refractivity contribution in [1.29, 1.82) is 0 Å². The number of aromatic nitrogens is 1. The van der Waals surface area contributed by atoms with Gasteiger partial charge in [0.2, 0.25) is 0 Å². The molecule has 2 heterocycles. The van der Waals surface area contributed by atoms with E-state index in [1.54, 1.807) is 48.8 Å². The van der Waals surface area contributed by atoms with Gasteiger partial charge < -0.3 is 9.64 Å². The predicted molar refractivity (Wildman–Crippen MR) is 201 cm³/mol. The normalized spacial score (nSPS) is 14.3. The molecule has 0 saturated carbocycles. The van der Waals surface area contributed by atoms with E-state index in [1.807, 2.05) is 36.4 Å². The molecule has 0 atom stereocenters. The van der Waals surface area contributed by atoms with Crippen molar-refractivity contribution in [2.75, 3.05) is 28.3 Å².